The lowest BCUT2D eigenvalue weighted by atomic mass is 10.1. The van der Waals surface area contributed by atoms with E-state index < -0.39 is 0 Å². The number of hydrogen-bond acceptors (Lipinski definition) is 5. The largest absolute Gasteiger partial charge is 0.328 e. The Kier molecular flexibility index (Phi) is 2.51. The average Bonchev–Trinajstić information content (AvgIpc) is 2.75. The van der Waals surface area contributed by atoms with Crippen molar-refractivity contribution in [3.05, 3.63) is 18.0 Å². The van der Waals surface area contributed by atoms with Crippen LogP contribution < -0.4 is 11.1 Å². The maximum absolute atomic E-state index is 11.6. The number of amides is 1. The van der Waals surface area contributed by atoms with Crippen molar-refractivity contribution in [1.29, 1.82) is 0 Å². The summed E-state index contributed by atoms with van der Waals surface area (Å²) in [7, 11) is 0. The number of nitrogens with zero attached hydrogens (tertiary/aromatic N) is 2. The van der Waals surface area contributed by atoms with Crippen LogP contribution in [0.1, 0.15) is 12.2 Å². The minimum atomic E-state index is -0.202. The van der Waals surface area contributed by atoms with E-state index in [0.29, 0.717) is 12.2 Å². The molecule has 0 aliphatic heterocycles. The molecular weight excluding hydrogens is 196 g/mol. The Labute approximate surface area is 86.5 Å². The second kappa shape index (κ2) is 3.82. The van der Waals surface area contributed by atoms with E-state index in [0.717, 1.165) is 0 Å². The summed E-state index contributed by atoms with van der Waals surface area (Å²) in [4.78, 5) is 15.5. The van der Waals surface area contributed by atoms with E-state index in [2.05, 4.69) is 15.5 Å². The number of carbonyl (C=O) groups is 1. The number of nitrogens with two attached hydrogens (primary N) is 1. The first-order valence-electron chi connectivity index (χ1n) is 4.70. The fraction of sp³-hybridized carbons (Fsp3) is 0.444. The van der Waals surface area contributed by atoms with Crippen molar-refractivity contribution in [2.24, 2.45) is 11.7 Å². The topological polar surface area (TPSA) is 94.0 Å². The van der Waals surface area contributed by atoms with Crippen molar-refractivity contribution in [2.75, 3.05) is 5.32 Å². The van der Waals surface area contributed by atoms with E-state index in [4.69, 9.17) is 10.3 Å². The van der Waals surface area contributed by atoms with Crippen molar-refractivity contribution < 1.29 is 9.32 Å². The summed E-state index contributed by atoms with van der Waals surface area (Å²) in [6.07, 6.45) is 4.24. The first-order chi connectivity index (χ1) is 7.15. The summed E-state index contributed by atoms with van der Waals surface area (Å²) in [5, 5.41) is 6.11. The first-order valence-corrected chi connectivity index (χ1v) is 4.70. The molecule has 0 bridgehead atoms. The zero-order valence-electron chi connectivity index (χ0n) is 8.30. The number of anilines is 1. The van der Waals surface area contributed by atoms with E-state index in [1.54, 1.807) is 13.0 Å². The van der Waals surface area contributed by atoms with Crippen LogP contribution in [0.3, 0.4) is 0 Å². The summed E-state index contributed by atoms with van der Waals surface area (Å²) >= 11 is 0. The predicted molar refractivity (Wildman–Crippen MR) is 52.9 cm³/mol. The summed E-state index contributed by atoms with van der Waals surface area (Å²) in [5.41, 5.74) is 5.64. The smallest absolute Gasteiger partial charge is 0.324 e. The number of hydrogen-bond donors (Lipinski definition) is 2. The second-order valence-corrected chi connectivity index (χ2v) is 3.53. The molecule has 2 unspecified atom stereocenters. The van der Waals surface area contributed by atoms with Crippen molar-refractivity contribution in [1.82, 2.24) is 10.1 Å². The quantitative estimate of drug-likeness (QED) is 0.678. The van der Waals surface area contributed by atoms with Crippen LogP contribution in [0.15, 0.2) is 16.7 Å². The fourth-order valence-electron chi connectivity index (χ4n) is 1.47. The molecule has 6 nitrogen and oxygen atoms in total. The summed E-state index contributed by atoms with van der Waals surface area (Å²) in [6.45, 7) is 1.69. The number of carbonyl (C=O) groups excluding carboxylic acids is 1. The zero-order chi connectivity index (χ0) is 10.8. The molecule has 1 aliphatic rings. The molecule has 2 rings (SSSR count). The summed E-state index contributed by atoms with van der Waals surface area (Å²) < 4.78 is 4.77. The molecule has 3 N–H and O–H groups in total. The molecule has 2 atom stereocenters. The lowest BCUT2D eigenvalue weighted by molar-refractivity contribution is -0.118. The number of aromatic nitrogens is 2. The number of nitrogens with one attached hydrogen (secondary N) is 1. The lowest BCUT2D eigenvalue weighted by Crippen LogP contribution is -2.24. The lowest BCUT2D eigenvalue weighted by Gasteiger charge is -2.06. The van der Waals surface area contributed by atoms with E-state index in [9.17, 15) is 4.79 Å². The molecular formula is C9H12N4O2. The Hall–Kier alpha value is -1.69. The molecule has 1 amide bonds. The van der Waals surface area contributed by atoms with Crippen LogP contribution in [-0.2, 0) is 4.79 Å². The molecule has 0 spiro atoms. The van der Waals surface area contributed by atoms with Crippen LogP contribution in [0.2, 0.25) is 0 Å². The van der Waals surface area contributed by atoms with Crippen molar-refractivity contribution in [3.8, 4) is 0 Å². The van der Waals surface area contributed by atoms with Crippen LogP contribution in [-0.4, -0.2) is 22.1 Å². The van der Waals surface area contributed by atoms with Gasteiger partial charge in [0.15, 0.2) is 5.82 Å². The normalized spacial score (nSPS) is 24.4. The van der Waals surface area contributed by atoms with Gasteiger partial charge in [0.1, 0.15) is 0 Å². The van der Waals surface area contributed by atoms with Gasteiger partial charge < -0.3 is 10.3 Å². The van der Waals surface area contributed by atoms with Crippen LogP contribution in [0.25, 0.3) is 0 Å². The summed E-state index contributed by atoms with van der Waals surface area (Å²) in [6, 6.07) is 0.0940. The van der Waals surface area contributed by atoms with Gasteiger partial charge in [0.05, 0.1) is 5.92 Å². The molecule has 0 aromatic carbocycles. The highest BCUT2D eigenvalue weighted by molar-refractivity contribution is 5.92. The molecule has 6 heteroatoms. The van der Waals surface area contributed by atoms with Gasteiger partial charge >= 0.3 is 6.01 Å². The van der Waals surface area contributed by atoms with Gasteiger partial charge in [-0.15, -0.1) is 0 Å². The molecule has 1 aromatic heterocycles. The van der Waals surface area contributed by atoms with Gasteiger partial charge in [-0.2, -0.15) is 4.98 Å². The Morgan fingerprint density at radius 2 is 2.47 bits per heavy atom. The minimum absolute atomic E-state index is 0.0369. The first kappa shape index (κ1) is 9.85. The molecule has 0 fully saturated rings. The number of aryl methyl sites for hydroxylation is 1. The highest BCUT2D eigenvalue weighted by Crippen LogP contribution is 2.18. The Balaban J connectivity index is 1.96. The van der Waals surface area contributed by atoms with Gasteiger partial charge in [0.25, 0.3) is 0 Å². The number of rotatable bonds is 2. The van der Waals surface area contributed by atoms with Crippen LogP contribution >= 0.6 is 0 Å². The van der Waals surface area contributed by atoms with Crippen LogP contribution in [0, 0.1) is 12.8 Å². The second-order valence-electron chi connectivity index (χ2n) is 3.53. The third-order valence-corrected chi connectivity index (χ3v) is 2.21. The Bertz CT molecular complexity index is 399. The third-order valence-electron chi connectivity index (χ3n) is 2.21. The highest BCUT2D eigenvalue weighted by atomic mass is 16.5. The standard InChI is InChI=1S/C9H12N4O2/c1-5-11-9(15-13-5)12-8(14)6-2-3-7(10)4-6/h2-3,6-7H,4,10H2,1H3,(H,11,12,13,14). The molecule has 15 heavy (non-hydrogen) atoms. The molecule has 1 aliphatic carbocycles. The monoisotopic (exact) mass is 208 g/mol. The Morgan fingerprint density at radius 3 is 3.00 bits per heavy atom. The highest BCUT2D eigenvalue weighted by Gasteiger charge is 2.23. The average molecular weight is 208 g/mol. The maximum atomic E-state index is 11.6. The van der Waals surface area contributed by atoms with Crippen LogP contribution in [0.5, 0.6) is 0 Å². The summed E-state index contributed by atoms with van der Waals surface area (Å²) in [5.74, 6) is 0.124. The van der Waals surface area contributed by atoms with Crippen molar-refractivity contribution in [3.63, 3.8) is 0 Å². The SMILES string of the molecule is Cc1noc(NC(=O)C2C=CC(N)C2)n1. The minimum Gasteiger partial charge on any atom is -0.324 e. The Morgan fingerprint density at radius 1 is 1.67 bits per heavy atom. The van der Waals surface area contributed by atoms with Gasteiger partial charge in [0, 0.05) is 6.04 Å². The predicted octanol–water partition coefficient (Wildman–Crippen LogP) is 0.220. The van der Waals surface area contributed by atoms with E-state index in [1.807, 2.05) is 6.08 Å². The van der Waals surface area contributed by atoms with E-state index in [-0.39, 0.29) is 23.9 Å². The third kappa shape index (κ3) is 2.21. The maximum Gasteiger partial charge on any atom is 0.328 e. The molecule has 80 valence electrons. The van der Waals surface area contributed by atoms with Gasteiger partial charge in [-0.1, -0.05) is 17.3 Å². The van der Waals surface area contributed by atoms with E-state index >= 15 is 0 Å². The van der Waals surface area contributed by atoms with Crippen LogP contribution in [0.4, 0.5) is 6.01 Å². The van der Waals surface area contributed by atoms with Gasteiger partial charge in [-0.25, -0.2) is 0 Å². The van der Waals surface area contributed by atoms with Crippen molar-refractivity contribution in [2.45, 2.75) is 19.4 Å². The molecule has 0 radical (unpaired) electrons. The molecule has 1 aromatic rings. The molecule has 1 heterocycles. The van der Waals surface area contributed by atoms with Crippen molar-refractivity contribution >= 4 is 11.9 Å². The molecule has 0 saturated heterocycles. The fourth-order valence-corrected chi connectivity index (χ4v) is 1.47. The molecule has 0 saturated carbocycles. The zero-order valence-corrected chi connectivity index (χ0v) is 8.30. The van der Waals surface area contributed by atoms with E-state index in [1.165, 1.54) is 0 Å². The van der Waals surface area contributed by atoms with Gasteiger partial charge in [-0.05, 0) is 13.3 Å². The van der Waals surface area contributed by atoms with Gasteiger partial charge in [0.2, 0.25) is 5.91 Å². The van der Waals surface area contributed by atoms with Gasteiger partial charge in [-0.3, -0.25) is 10.1 Å².